The zero-order chi connectivity index (χ0) is 26.5. The highest BCUT2D eigenvalue weighted by Gasteiger charge is 2.27. The molecule has 0 aromatic heterocycles. The van der Waals surface area contributed by atoms with Crippen molar-refractivity contribution in [1.29, 1.82) is 0 Å². The van der Waals surface area contributed by atoms with Crippen molar-refractivity contribution in [1.82, 2.24) is 4.90 Å². The lowest BCUT2D eigenvalue weighted by atomic mass is 9.79. The fourth-order valence-electron chi connectivity index (χ4n) is 5.58. The summed E-state index contributed by atoms with van der Waals surface area (Å²) >= 11 is 6.50. The third kappa shape index (κ3) is 5.85. The van der Waals surface area contributed by atoms with Gasteiger partial charge in [0, 0.05) is 6.54 Å². The summed E-state index contributed by atoms with van der Waals surface area (Å²) in [6.07, 6.45) is 4.73. The second-order valence-electron chi connectivity index (χ2n) is 9.99. The van der Waals surface area contributed by atoms with Crippen LogP contribution >= 0.6 is 11.6 Å². The molecule has 1 aliphatic heterocycles. The first kappa shape index (κ1) is 26.6. The summed E-state index contributed by atoms with van der Waals surface area (Å²) in [6, 6.07) is 19.7. The van der Waals surface area contributed by atoms with Crippen molar-refractivity contribution in [3.63, 3.8) is 0 Å². The predicted molar refractivity (Wildman–Crippen MR) is 153 cm³/mol. The molecule has 3 aromatic rings. The highest BCUT2D eigenvalue weighted by molar-refractivity contribution is 6.32. The molecule has 3 aromatic carbocycles. The Morgan fingerprint density at radius 3 is 2.34 bits per heavy atom. The smallest absolute Gasteiger partial charge is 0.137 e. The van der Waals surface area contributed by atoms with E-state index in [2.05, 4.69) is 17.0 Å². The Bertz CT molecular complexity index is 1280. The molecule has 0 saturated carbocycles. The maximum absolute atomic E-state index is 11.8. The number of nitrogens with zero attached hydrogens (tertiary/aromatic N) is 1. The van der Waals surface area contributed by atoms with Crippen LogP contribution in [0.4, 0.5) is 0 Å². The summed E-state index contributed by atoms with van der Waals surface area (Å²) in [4.78, 5) is 2.47. The van der Waals surface area contributed by atoms with E-state index in [9.17, 15) is 5.11 Å². The zero-order valence-corrected chi connectivity index (χ0v) is 23.0. The van der Waals surface area contributed by atoms with Gasteiger partial charge in [0.15, 0.2) is 0 Å². The third-order valence-electron chi connectivity index (χ3n) is 7.67. The average Bonchev–Trinajstić information content (AvgIpc) is 2.96. The molecule has 0 amide bonds. The van der Waals surface area contributed by atoms with Gasteiger partial charge in [-0.05, 0) is 109 Å². The summed E-state index contributed by atoms with van der Waals surface area (Å²) in [7, 11) is 3.29. The molecule has 1 N–H and O–H groups in total. The SMILES string of the molecule is COc1ccc2c(c1)CCC(c1ccc(OC)c(Cl)c1)=C2C(O)c1ccc(OCCN2CCCCC2)cc1. The highest BCUT2D eigenvalue weighted by Crippen LogP contribution is 2.45. The fraction of sp³-hybridized carbons (Fsp3) is 0.375. The Kier molecular flexibility index (Phi) is 8.58. The van der Waals surface area contributed by atoms with E-state index in [-0.39, 0.29) is 0 Å². The molecule has 1 aliphatic carbocycles. The number of benzene rings is 3. The van der Waals surface area contributed by atoms with E-state index in [0.717, 1.165) is 58.7 Å². The van der Waals surface area contributed by atoms with E-state index in [1.807, 2.05) is 48.5 Å². The van der Waals surface area contributed by atoms with Crippen molar-refractivity contribution < 1.29 is 19.3 Å². The Labute approximate surface area is 230 Å². The van der Waals surface area contributed by atoms with Gasteiger partial charge in [-0.25, -0.2) is 0 Å². The molecule has 5 rings (SSSR count). The molecule has 38 heavy (non-hydrogen) atoms. The van der Waals surface area contributed by atoms with Crippen LogP contribution in [0.1, 0.15) is 54.0 Å². The monoisotopic (exact) mass is 533 g/mol. The van der Waals surface area contributed by atoms with Crippen LogP contribution in [-0.4, -0.2) is 50.5 Å². The fourth-order valence-corrected chi connectivity index (χ4v) is 5.84. The van der Waals surface area contributed by atoms with Crippen molar-refractivity contribution in [2.75, 3.05) is 40.5 Å². The number of aliphatic hydroxyl groups is 1. The molecule has 1 unspecified atom stereocenters. The van der Waals surface area contributed by atoms with Gasteiger partial charge in [0.1, 0.15) is 30.0 Å². The Hall–Kier alpha value is -2.99. The molecular weight excluding hydrogens is 498 g/mol. The van der Waals surface area contributed by atoms with Crippen LogP contribution in [0.3, 0.4) is 0 Å². The van der Waals surface area contributed by atoms with Gasteiger partial charge in [-0.3, -0.25) is 4.90 Å². The first-order chi connectivity index (χ1) is 18.6. The molecular formula is C32H36ClNO4. The standard InChI is InChI=1S/C32H36ClNO4/c1-36-26-12-14-28-23(20-26)8-13-27(24-9-15-30(37-2)29(33)21-24)31(28)32(35)22-6-10-25(11-7-22)38-19-18-34-16-4-3-5-17-34/h6-7,9-12,14-15,20-21,32,35H,3-5,8,13,16-19H2,1-2H3. The minimum absolute atomic E-state index is 0.554. The number of ether oxygens (including phenoxy) is 3. The van der Waals surface area contributed by atoms with Crippen molar-refractivity contribution in [2.24, 2.45) is 0 Å². The van der Waals surface area contributed by atoms with Crippen LogP contribution in [0, 0.1) is 0 Å². The highest BCUT2D eigenvalue weighted by atomic mass is 35.5. The number of halogens is 1. The number of aliphatic hydroxyl groups excluding tert-OH is 1. The maximum atomic E-state index is 11.8. The van der Waals surface area contributed by atoms with Gasteiger partial charge in [0.2, 0.25) is 0 Å². The molecule has 0 radical (unpaired) electrons. The Balaban J connectivity index is 1.42. The lowest BCUT2D eigenvalue weighted by molar-refractivity contribution is 0.183. The molecule has 6 heteroatoms. The van der Waals surface area contributed by atoms with Crippen molar-refractivity contribution in [3.8, 4) is 17.2 Å². The molecule has 0 bridgehead atoms. The first-order valence-corrected chi connectivity index (χ1v) is 13.8. The largest absolute Gasteiger partial charge is 0.497 e. The number of hydrogen-bond acceptors (Lipinski definition) is 5. The molecule has 200 valence electrons. The van der Waals surface area contributed by atoms with Gasteiger partial charge in [-0.2, -0.15) is 0 Å². The molecule has 1 heterocycles. The van der Waals surface area contributed by atoms with E-state index in [0.29, 0.717) is 17.4 Å². The lowest BCUT2D eigenvalue weighted by Crippen LogP contribution is -2.33. The number of fused-ring (bicyclic) bond motifs is 1. The summed E-state index contributed by atoms with van der Waals surface area (Å²) < 4.78 is 16.9. The average molecular weight is 534 g/mol. The Morgan fingerprint density at radius 1 is 0.868 bits per heavy atom. The lowest BCUT2D eigenvalue weighted by Gasteiger charge is -2.28. The van der Waals surface area contributed by atoms with Crippen LogP contribution in [-0.2, 0) is 6.42 Å². The predicted octanol–water partition coefficient (Wildman–Crippen LogP) is 6.81. The third-order valence-corrected chi connectivity index (χ3v) is 7.96. The maximum Gasteiger partial charge on any atom is 0.137 e. The number of methoxy groups -OCH3 is 2. The minimum Gasteiger partial charge on any atom is -0.497 e. The van der Waals surface area contributed by atoms with Crippen molar-refractivity contribution in [3.05, 3.63) is 87.9 Å². The number of aryl methyl sites for hydroxylation is 1. The van der Waals surface area contributed by atoms with Crippen LogP contribution < -0.4 is 14.2 Å². The van der Waals surface area contributed by atoms with Crippen molar-refractivity contribution in [2.45, 2.75) is 38.2 Å². The second-order valence-corrected chi connectivity index (χ2v) is 10.4. The molecule has 5 nitrogen and oxygen atoms in total. The normalized spacial score (nSPS) is 16.6. The summed E-state index contributed by atoms with van der Waals surface area (Å²) in [6.45, 7) is 3.95. The van der Waals surface area contributed by atoms with E-state index < -0.39 is 6.10 Å². The quantitative estimate of drug-likeness (QED) is 0.327. The molecule has 0 spiro atoms. The van der Waals surface area contributed by atoms with Gasteiger partial charge in [-0.15, -0.1) is 0 Å². The topological polar surface area (TPSA) is 51.2 Å². The molecule has 1 atom stereocenters. The van der Waals surface area contributed by atoms with E-state index in [4.69, 9.17) is 25.8 Å². The van der Waals surface area contributed by atoms with E-state index >= 15 is 0 Å². The van der Waals surface area contributed by atoms with Gasteiger partial charge in [-0.1, -0.05) is 42.3 Å². The number of piperidine rings is 1. The van der Waals surface area contributed by atoms with E-state index in [1.54, 1.807) is 14.2 Å². The number of rotatable bonds is 9. The second kappa shape index (κ2) is 12.2. The summed E-state index contributed by atoms with van der Waals surface area (Å²) in [5.41, 5.74) is 6.00. The van der Waals surface area contributed by atoms with E-state index in [1.165, 1.54) is 37.9 Å². The summed E-state index contributed by atoms with van der Waals surface area (Å²) in [5.74, 6) is 2.28. The van der Waals surface area contributed by atoms with Crippen molar-refractivity contribution >= 4 is 22.7 Å². The van der Waals surface area contributed by atoms with Gasteiger partial charge in [0.05, 0.1) is 19.2 Å². The van der Waals surface area contributed by atoms with Crippen LogP contribution in [0.5, 0.6) is 17.2 Å². The summed E-state index contributed by atoms with van der Waals surface area (Å²) in [5, 5.41) is 12.3. The molecule has 1 fully saturated rings. The van der Waals surface area contributed by atoms with Gasteiger partial charge < -0.3 is 19.3 Å². The molecule has 2 aliphatic rings. The Morgan fingerprint density at radius 2 is 1.63 bits per heavy atom. The number of likely N-dealkylation sites (tertiary alicyclic amines) is 1. The number of allylic oxidation sites excluding steroid dienone is 1. The van der Waals surface area contributed by atoms with Crippen LogP contribution in [0.2, 0.25) is 5.02 Å². The van der Waals surface area contributed by atoms with Crippen LogP contribution in [0.15, 0.2) is 60.7 Å². The molecule has 1 saturated heterocycles. The van der Waals surface area contributed by atoms with Gasteiger partial charge >= 0.3 is 0 Å². The zero-order valence-electron chi connectivity index (χ0n) is 22.2. The number of hydrogen-bond donors (Lipinski definition) is 1. The van der Waals surface area contributed by atoms with Gasteiger partial charge in [0.25, 0.3) is 0 Å². The minimum atomic E-state index is -0.805. The first-order valence-electron chi connectivity index (χ1n) is 13.4. The van der Waals surface area contributed by atoms with Crippen LogP contribution in [0.25, 0.3) is 11.1 Å².